The number of likely N-dealkylation sites (tertiary alicyclic amines) is 1. The average molecular weight is 450 g/mol. The lowest BCUT2D eigenvalue weighted by Crippen LogP contribution is -2.48. The minimum atomic E-state index is -4.38. The quantitative estimate of drug-likeness (QED) is 0.546. The molecule has 0 spiro atoms. The topological polar surface area (TPSA) is 38.8 Å². The molecule has 1 aliphatic rings. The fourth-order valence-electron chi connectivity index (χ4n) is 3.95. The van der Waals surface area contributed by atoms with Crippen LogP contribution in [0.2, 0.25) is 0 Å². The zero-order valence-corrected chi connectivity index (χ0v) is 18.7. The highest BCUT2D eigenvalue weighted by atomic mass is 19.4. The van der Waals surface area contributed by atoms with Crippen molar-refractivity contribution in [2.45, 2.75) is 57.4 Å². The zero-order chi connectivity index (χ0) is 23.4. The fourth-order valence-corrected chi connectivity index (χ4v) is 3.95. The van der Waals surface area contributed by atoms with E-state index in [1.807, 2.05) is 51.1 Å². The lowest BCUT2D eigenvalue weighted by Gasteiger charge is -2.42. The Hall–Kier alpha value is -2.54. The molecule has 0 atom stereocenters. The summed E-state index contributed by atoms with van der Waals surface area (Å²) in [5.74, 6) is 0. The molecule has 7 heteroatoms. The molecule has 3 rings (SSSR count). The summed E-state index contributed by atoms with van der Waals surface area (Å²) >= 11 is 0. The molecule has 0 radical (unpaired) electrons. The molecule has 1 aliphatic heterocycles. The SMILES string of the molecule is CC(C)(C)OC(=O)N1CCC(COCc2cccc(C(F)(F)F)c2)(c2ccccc2)CC1. The van der Waals surface area contributed by atoms with E-state index in [1.54, 1.807) is 11.0 Å². The van der Waals surface area contributed by atoms with E-state index < -0.39 is 17.3 Å². The van der Waals surface area contributed by atoms with Gasteiger partial charge < -0.3 is 14.4 Å². The van der Waals surface area contributed by atoms with Crippen LogP contribution in [0.15, 0.2) is 54.6 Å². The summed E-state index contributed by atoms with van der Waals surface area (Å²) < 4.78 is 50.4. The van der Waals surface area contributed by atoms with Gasteiger partial charge in [-0.1, -0.05) is 42.5 Å². The van der Waals surface area contributed by atoms with Crippen LogP contribution in [0.5, 0.6) is 0 Å². The van der Waals surface area contributed by atoms with Gasteiger partial charge in [-0.3, -0.25) is 0 Å². The molecule has 0 aliphatic carbocycles. The number of alkyl halides is 3. The first-order valence-corrected chi connectivity index (χ1v) is 10.8. The third kappa shape index (κ3) is 6.25. The number of carbonyl (C=O) groups is 1. The summed E-state index contributed by atoms with van der Waals surface area (Å²) in [6, 6.07) is 15.2. The summed E-state index contributed by atoms with van der Waals surface area (Å²) in [6.07, 6.45) is -3.35. The van der Waals surface area contributed by atoms with Gasteiger partial charge in [0, 0.05) is 18.5 Å². The van der Waals surface area contributed by atoms with Gasteiger partial charge in [-0.25, -0.2) is 4.79 Å². The Morgan fingerprint density at radius 3 is 2.25 bits per heavy atom. The summed E-state index contributed by atoms with van der Waals surface area (Å²) in [6.45, 7) is 7.01. The van der Waals surface area contributed by atoms with E-state index in [0.29, 0.717) is 38.1 Å². The molecule has 0 saturated carbocycles. The van der Waals surface area contributed by atoms with Crippen LogP contribution < -0.4 is 0 Å². The highest BCUT2D eigenvalue weighted by Gasteiger charge is 2.39. The molecule has 1 saturated heterocycles. The van der Waals surface area contributed by atoms with Crippen LogP contribution in [0.4, 0.5) is 18.0 Å². The number of halogens is 3. The third-order valence-electron chi connectivity index (χ3n) is 5.66. The van der Waals surface area contributed by atoms with Crippen molar-refractivity contribution in [3.63, 3.8) is 0 Å². The standard InChI is InChI=1S/C25H30F3NO3/c1-23(2,3)32-22(30)29-14-12-24(13-15-29,20-9-5-4-6-10-20)18-31-17-19-8-7-11-21(16-19)25(26,27)28/h4-11,16H,12-15,17-18H2,1-3H3. The normalized spacial score (nSPS) is 16.6. The van der Waals surface area contributed by atoms with Crippen molar-refractivity contribution in [1.29, 1.82) is 0 Å². The molecule has 1 heterocycles. The van der Waals surface area contributed by atoms with E-state index in [2.05, 4.69) is 0 Å². The maximum Gasteiger partial charge on any atom is 0.416 e. The summed E-state index contributed by atoms with van der Waals surface area (Å²) in [5, 5.41) is 0. The van der Waals surface area contributed by atoms with Gasteiger partial charge in [-0.05, 0) is 56.9 Å². The number of ether oxygens (including phenoxy) is 2. The fraction of sp³-hybridized carbons (Fsp3) is 0.480. The molecule has 2 aromatic rings. The Morgan fingerprint density at radius 1 is 1.00 bits per heavy atom. The second-order valence-electron chi connectivity index (χ2n) is 9.30. The molecular formula is C25H30F3NO3. The number of rotatable bonds is 5. The third-order valence-corrected chi connectivity index (χ3v) is 5.66. The number of nitrogens with zero attached hydrogens (tertiary/aromatic N) is 1. The molecule has 174 valence electrons. The van der Waals surface area contributed by atoms with E-state index >= 15 is 0 Å². The number of piperidine rings is 1. The second-order valence-corrected chi connectivity index (χ2v) is 9.30. The van der Waals surface area contributed by atoms with Gasteiger partial charge in [-0.2, -0.15) is 13.2 Å². The Bertz CT molecular complexity index is 899. The van der Waals surface area contributed by atoms with Gasteiger partial charge in [0.25, 0.3) is 0 Å². The van der Waals surface area contributed by atoms with E-state index in [9.17, 15) is 18.0 Å². The number of hydrogen-bond acceptors (Lipinski definition) is 3. The van der Waals surface area contributed by atoms with Crippen LogP contribution in [0.1, 0.15) is 50.3 Å². The summed E-state index contributed by atoms with van der Waals surface area (Å²) in [5.41, 5.74) is 0.0321. The Balaban J connectivity index is 1.68. The van der Waals surface area contributed by atoms with Gasteiger partial charge in [-0.15, -0.1) is 0 Å². The van der Waals surface area contributed by atoms with Crippen molar-refractivity contribution in [2.24, 2.45) is 0 Å². The second kappa shape index (κ2) is 9.53. The smallest absolute Gasteiger partial charge is 0.416 e. The van der Waals surface area contributed by atoms with Crippen molar-refractivity contribution in [3.8, 4) is 0 Å². The molecule has 1 fully saturated rings. The zero-order valence-electron chi connectivity index (χ0n) is 18.7. The molecule has 0 bridgehead atoms. The van der Waals surface area contributed by atoms with Crippen LogP contribution in [-0.4, -0.2) is 36.3 Å². The predicted molar refractivity (Wildman–Crippen MR) is 116 cm³/mol. The first kappa shape index (κ1) is 24.1. The van der Waals surface area contributed by atoms with Gasteiger partial charge >= 0.3 is 12.3 Å². The first-order valence-electron chi connectivity index (χ1n) is 10.8. The molecule has 4 nitrogen and oxygen atoms in total. The largest absolute Gasteiger partial charge is 0.444 e. The molecule has 32 heavy (non-hydrogen) atoms. The number of carbonyl (C=O) groups excluding carboxylic acids is 1. The lowest BCUT2D eigenvalue weighted by atomic mass is 9.73. The summed E-state index contributed by atoms with van der Waals surface area (Å²) in [7, 11) is 0. The van der Waals surface area contributed by atoms with E-state index in [1.165, 1.54) is 6.07 Å². The summed E-state index contributed by atoms with van der Waals surface area (Å²) in [4.78, 5) is 14.2. The van der Waals surface area contributed by atoms with E-state index in [-0.39, 0.29) is 18.1 Å². The number of benzene rings is 2. The molecule has 0 N–H and O–H groups in total. The van der Waals surface area contributed by atoms with E-state index in [4.69, 9.17) is 9.47 Å². The Labute approximate surface area is 187 Å². The van der Waals surface area contributed by atoms with Crippen molar-refractivity contribution in [3.05, 3.63) is 71.3 Å². The highest BCUT2D eigenvalue weighted by molar-refractivity contribution is 5.68. The predicted octanol–water partition coefficient (Wildman–Crippen LogP) is 6.19. The van der Waals surface area contributed by atoms with E-state index in [0.717, 1.165) is 17.7 Å². The minimum absolute atomic E-state index is 0.0916. The van der Waals surface area contributed by atoms with Gasteiger partial charge in [0.2, 0.25) is 0 Å². The molecule has 0 aromatic heterocycles. The first-order chi connectivity index (χ1) is 15.0. The monoisotopic (exact) mass is 449 g/mol. The molecule has 1 amide bonds. The van der Waals surface area contributed by atoms with Crippen LogP contribution in [-0.2, 0) is 27.7 Å². The molecule has 2 aromatic carbocycles. The van der Waals surface area contributed by atoms with Crippen molar-refractivity contribution in [2.75, 3.05) is 19.7 Å². The van der Waals surface area contributed by atoms with Gasteiger partial charge in [0.05, 0.1) is 18.8 Å². The minimum Gasteiger partial charge on any atom is -0.444 e. The van der Waals surface area contributed by atoms with Crippen LogP contribution in [0, 0.1) is 0 Å². The maximum absolute atomic E-state index is 13.0. The average Bonchev–Trinajstić information content (AvgIpc) is 2.73. The van der Waals surface area contributed by atoms with Gasteiger partial charge in [0.15, 0.2) is 0 Å². The number of hydrogen-bond donors (Lipinski definition) is 0. The molecule has 0 unspecified atom stereocenters. The van der Waals surface area contributed by atoms with Crippen molar-refractivity contribution in [1.82, 2.24) is 4.90 Å². The van der Waals surface area contributed by atoms with Crippen LogP contribution >= 0.6 is 0 Å². The Kier molecular flexibility index (Phi) is 7.18. The highest BCUT2D eigenvalue weighted by Crippen LogP contribution is 2.37. The maximum atomic E-state index is 13.0. The molecular weight excluding hydrogens is 419 g/mol. The lowest BCUT2D eigenvalue weighted by molar-refractivity contribution is -0.137. The van der Waals surface area contributed by atoms with Crippen LogP contribution in [0.3, 0.4) is 0 Å². The Morgan fingerprint density at radius 2 is 1.66 bits per heavy atom. The number of amides is 1. The van der Waals surface area contributed by atoms with Crippen molar-refractivity contribution >= 4 is 6.09 Å². The van der Waals surface area contributed by atoms with Gasteiger partial charge in [0.1, 0.15) is 5.60 Å². The van der Waals surface area contributed by atoms with Crippen molar-refractivity contribution < 1.29 is 27.4 Å². The van der Waals surface area contributed by atoms with Crippen LogP contribution in [0.25, 0.3) is 0 Å².